The number of carbonyl (C=O) groups excluding carboxylic acids is 2. The summed E-state index contributed by atoms with van der Waals surface area (Å²) in [5.74, 6) is -1.55. The molecule has 2 heterocycles. The Kier molecular flexibility index (Phi) is 6.35. The van der Waals surface area contributed by atoms with Gasteiger partial charge < -0.3 is 15.4 Å². The zero-order chi connectivity index (χ0) is 23.9. The van der Waals surface area contributed by atoms with Crippen molar-refractivity contribution in [3.63, 3.8) is 0 Å². The fourth-order valence-corrected chi connectivity index (χ4v) is 5.88. The number of rotatable bonds is 4. The molecular formula is C22H23ClFN3O5S. The first-order chi connectivity index (χ1) is 15.6. The molecule has 0 aromatic heterocycles. The van der Waals surface area contributed by atoms with E-state index in [0.717, 1.165) is 6.07 Å². The highest BCUT2D eigenvalue weighted by molar-refractivity contribution is 7.89. The minimum atomic E-state index is -3.92. The number of halogens is 2. The number of carbonyl (C=O) groups is 2. The van der Waals surface area contributed by atoms with E-state index in [9.17, 15) is 22.4 Å². The Bertz CT molecular complexity index is 1240. The van der Waals surface area contributed by atoms with E-state index >= 15 is 0 Å². The smallest absolute Gasteiger partial charge is 0.265 e. The van der Waals surface area contributed by atoms with Crippen LogP contribution in [-0.4, -0.2) is 43.7 Å². The Morgan fingerprint density at radius 1 is 1.30 bits per heavy atom. The van der Waals surface area contributed by atoms with Gasteiger partial charge in [0.15, 0.2) is 6.10 Å². The van der Waals surface area contributed by atoms with Crippen molar-refractivity contribution in [3.05, 3.63) is 46.7 Å². The molecule has 0 bridgehead atoms. The van der Waals surface area contributed by atoms with Crippen LogP contribution in [0.5, 0.6) is 5.75 Å². The topological polar surface area (TPSA) is 105 Å². The zero-order valence-electron chi connectivity index (χ0n) is 18.0. The number of aryl methyl sites for hydroxylation is 1. The van der Waals surface area contributed by atoms with E-state index in [1.54, 1.807) is 19.9 Å². The Balaban J connectivity index is 1.54. The van der Waals surface area contributed by atoms with E-state index in [1.807, 2.05) is 0 Å². The second kappa shape index (κ2) is 8.92. The Morgan fingerprint density at radius 2 is 2.06 bits per heavy atom. The summed E-state index contributed by atoms with van der Waals surface area (Å²) in [5.41, 5.74) is 1.22. The molecule has 33 heavy (non-hydrogen) atoms. The SMILES string of the molecule is Cc1cc2c(cc1S(=O)(=O)N1CCC[C@@H](C(=O)Nc3ccc(F)c(Cl)c3)C1)O[C@H](C)C(=O)N2. The molecule has 2 amide bonds. The van der Waals surface area contributed by atoms with Crippen LogP contribution in [0.2, 0.25) is 5.02 Å². The van der Waals surface area contributed by atoms with Crippen LogP contribution in [0.25, 0.3) is 0 Å². The second-order valence-corrected chi connectivity index (χ2v) is 10.5. The Labute approximate surface area is 196 Å². The lowest BCUT2D eigenvalue weighted by Gasteiger charge is -2.32. The number of nitrogens with one attached hydrogen (secondary N) is 2. The maximum atomic E-state index is 13.4. The van der Waals surface area contributed by atoms with Gasteiger partial charge in [-0.1, -0.05) is 11.6 Å². The van der Waals surface area contributed by atoms with Crippen LogP contribution in [0.1, 0.15) is 25.3 Å². The summed E-state index contributed by atoms with van der Waals surface area (Å²) in [5, 5.41) is 5.27. The summed E-state index contributed by atoms with van der Waals surface area (Å²) in [6.07, 6.45) is 0.288. The minimum absolute atomic E-state index is 0.00755. The van der Waals surface area contributed by atoms with E-state index in [4.69, 9.17) is 16.3 Å². The number of sulfonamides is 1. The van der Waals surface area contributed by atoms with Gasteiger partial charge >= 0.3 is 0 Å². The highest BCUT2D eigenvalue weighted by Gasteiger charge is 2.35. The average molecular weight is 496 g/mol. The van der Waals surface area contributed by atoms with Gasteiger partial charge in [-0.3, -0.25) is 9.59 Å². The molecule has 1 fully saturated rings. The first-order valence-electron chi connectivity index (χ1n) is 10.4. The zero-order valence-corrected chi connectivity index (χ0v) is 19.6. The van der Waals surface area contributed by atoms with Crippen LogP contribution in [0.4, 0.5) is 15.8 Å². The molecule has 2 atom stereocenters. The fourth-order valence-electron chi connectivity index (χ4n) is 3.95. The van der Waals surface area contributed by atoms with Crippen molar-refractivity contribution in [2.24, 2.45) is 5.92 Å². The molecule has 0 aliphatic carbocycles. The molecule has 8 nitrogen and oxygen atoms in total. The summed E-state index contributed by atoms with van der Waals surface area (Å²) in [6.45, 7) is 3.50. The quantitative estimate of drug-likeness (QED) is 0.675. The van der Waals surface area contributed by atoms with E-state index in [1.165, 1.54) is 22.5 Å². The molecule has 2 N–H and O–H groups in total. The number of benzene rings is 2. The van der Waals surface area contributed by atoms with Crippen LogP contribution in [0.15, 0.2) is 35.2 Å². The molecule has 4 rings (SSSR count). The van der Waals surface area contributed by atoms with Gasteiger partial charge in [-0.25, -0.2) is 12.8 Å². The van der Waals surface area contributed by atoms with Gasteiger partial charge in [0, 0.05) is 24.8 Å². The van der Waals surface area contributed by atoms with Crippen molar-refractivity contribution in [1.29, 1.82) is 0 Å². The van der Waals surface area contributed by atoms with Gasteiger partial charge in [-0.05, 0) is 56.5 Å². The van der Waals surface area contributed by atoms with Crippen molar-refractivity contribution in [2.45, 2.75) is 37.7 Å². The molecule has 0 radical (unpaired) electrons. The lowest BCUT2D eigenvalue weighted by molar-refractivity contribution is -0.123. The van der Waals surface area contributed by atoms with E-state index in [-0.39, 0.29) is 40.6 Å². The van der Waals surface area contributed by atoms with Crippen molar-refractivity contribution < 1.29 is 27.1 Å². The summed E-state index contributed by atoms with van der Waals surface area (Å²) in [6, 6.07) is 6.84. The second-order valence-electron chi connectivity index (χ2n) is 8.18. The van der Waals surface area contributed by atoms with Gasteiger partial charge in [0.05, 0.1) is 21.5 Å². The molecule has 176 valence electrons. The number of amides is 2. The maximum Gasteiger partial charge on any atom is 0.265 e. The van der Waals surface area contributed by atoms with Crippen LogP contribution >= 0.6 is 11.6 Å². The molecule has 11 heteroatoms. The predicted octanol–water partition coefficient (Wildman–Crippen LogP) is 3.55. The first-order valence-corrected chi connectivity index (χ1v) is 12.3. The third kappa shape index (κ3) is 4.68. The third-order valence-electron chi connectivity index (χ3n) is 5.77. The van der Waals surface area contributed by atoms with Crippen molar-refractivity contribution in [3.8, 4) is 5.75 Å². The predicted molar refractivity (Wildman–Crippen MR) is 121 cm³/mol. The van der Waals surface area contributed by atoms with E-state index in [0.29, 0.717) is 29.8 Å². The standard InChI is InChI=1S/C22H23ClFN3O5S/c1-12-8-18-19(32-13(2)21(28)26-18)10-20(12)33(30,31)27-7-3-4-14(11-27)22(29)25-15-5-6-17(24)16(23)9-15/h5-6,8-10,13-14H,3-4,7,11H2,1-2H3,(H,25,29)(H,26,28)/t13-,14-/m1/s1. The Hall–Kier alpha value is -2.69. The monoisotopic (exact) mass is 495 g/mol. The highest BCUT2D eigenvalue weighted by atomic mass is 35.5. The van der Waals surface area contributed by atoms with Crippen LogP contribution in [0, 0.1) is 18.7 Å². The average Bonchev–Trinajstić information content (AvgIpc) is 2.77. The molecule has 1 saturated heterocycles. The number of nitrogens with zero attached hydrogens (tertiary/aromatic N) is 1. The van der Waals surface area contributed by atoms with Crippen molar-refractivity contribution in [2.75, 3.05) is 23.7 Å². The van der Waals surface area contributed by atoms with Crippen LogP contribution in [-0.2, 0) is 19.6 Å². The summed E-state index contributed by atoms with van der Waals surface area (Å²) >= 11 is 5.77. The maximum absolute atomic E-state index is 13.4. The van der Waals surface area contributed by atoms with E-state index < -0.39 is 27.9 Å². The highest BCUT2D eigenvalue weighted by Crippen LogP contribution is 2.36. The van der Waals surface area contributed by atoms with Crippen LogP contribution < -0.4 is 15.4 Å². The normalized spacial score (nSPS) is 21.0. The number of piperidine rings is 1. The Morgan fingerprint density at radius 3 is 2.79 bits per heavy atom. The number of hydrogen-bond acceptors (Lipinski definition) is 5. The number of anilines is 2. The van der Waals surface area contributed by atoms with E-state index in [2.05, 4.69) is 10.6 Å². The summed E-state index contributed by atoms with van der Waals surface area (Å²) in [4.78, 5) is 24.7. The first kappa shape index (κ1) is 23.5. The molecule has 2 aliphatic rings. The lowest BCUT2D eigenvalue weighted by atomic mass is 9.99. The van der Waals surface area contributed by atoms with Crippen molar-refractivity contribution in [1.82, 2.24) is 4.31 Å². The van der Waals surface area contributed by atoms with Crippen LogP contribution in [0.3, 0.4) is 0 Å². The molecule has 2 aliphatic heterocycles. The number of ether oxygens (including phenoxy) is 1. The molecule has 2 aromatic carbocycles. The van der Waals surface area contributed by atoms with Gasteiger partial charge in [0.2, 0.25) is 15.9 Å². The van der Waals surface area contributed by atoms with Gasteiger partial charge in [0.1, 0.15) is 11.6 Å². The fraction of sp³-hybridized carbons (Fsp3) is 0.364. The number of fused-ring (bicyclic) bond motifs is 1. The van der Waals surface area contributed by atoms with Gasteiger partial charge in [0.25, 0.3) is 5.91 Å². The largest absolute Gasteiger partial charge is 0.479 e. The van der Waals surface area contributed by atoms with Gasteiger partial charge in [-0.2, -0.15) is 4.31 Å². The summed E-state index contributed by atoms with van der Waals surface area (Å²) < 4.78 is 47.1. The molecule has 0 saturated carbocycles. The minimum Gasteiger partial charge on any atom is -0.479 e. The number of hydrogen-bond donors (Lipinski definition) is 2. The van der Waals surface area contributed by atoms with Gasteiger partial charge in [-0.15, -0.1) is 0 Å². The molecular weight excluding hydrogens is 473 g/mol. The lowest BCUT2D eigenvalue weighted by Crippen LogP contribution is -2.44. The molecule has 2 aromatic rings. The third-order valence-corrected chi connectivity index (χ3v) is 8.06. The van der Waals surface area contributed by atoms with Crippen molar-refractivity contribution >= 4 is 44.8 Å². The summed E-state index contributed by atoms with van der Waals surface area (Å²) in [7, 11) is -3.92. The molecule has 0 spiro atoms. The molecule has 0 unspecified atom stereocenters.